The Balaban J connectivity index is 1.79. The van der Waals surface area contributed by atoms with E-state index in [-0.39, 0.29) is 11.5 Å². The van der Waals surface area contributed by atoms with Crippen molar-refractivity contribution < 1.29 is 13.6 Å². The summed E-state index contributed by atoms with van der Waals surface area (Å²) in [6.45, 7) is 3.50. The van der Waals surface area contributed by atoms with Crippen molar-refractivity contribution in [2.75, 3.05) is 10.6 Å². The van der Waals surface area contributed by atoms with Crippen molar-refractivity contribution in [1.82, 2.24) is 4.98 Å². The Hall–Kier alpha value is -2.80. The molecule has 0 radical (unpaired) electrons. The maximum absolute atomic E-state index is 13.8. The number of rotatable bonds is 4. The number of anilines is 3. The fraction of sp³-hybridized carbons (Fsp3) is 0.111. The Morgan fingerprint density at radius 1 is 1.12 bits per heavy atom. The first-order valence-electron chi connectivity index (χ1n) is 7.50. The van der Waals surface area contributed by atoms with Crippen LogP contribution in [-0.4, -0.2) is 10.9 Å². The van der Waals surface area contributed by atoms with E-state index in [1.807, 2.05) is 6.92 Å². The fourth-order valence-electron chi connectivity index (χ4n) is 2.26. The number of halogens is 2. The molecule has 128 valence electrons. The lowest BCUT2D eigenvalue weighted by atomic mass is 10.2. The number of carbonyl (C=O) groups is 1. The number of amides is 1. The van der Waals surface area contributed by atoms with Gasteiger partial charge in [-0.1, -0.05) is 23.5 Å². The second-order valence-corrected chi connectivity index (χ2v) is 6.51. The number of nitrogens with zero attached hydrogens (tertiary/aromatic N) is 1. The summed E-state index contributed by atoms with van der Waals surface area (Å²) < 4.78 is 27.0. The zero-order valence-electron chi connectivity index (χ0n) is 13.6. The molecule has 2 N–H and O–H groups in total. The summed E-state index contributed by atoms with van der Waals surface area (Å²) in [5.41, 5.74) is 2.00. The van der Waals surface area contributed by atoms with Crippen LogP contribution in [0.25, 0.3) is 0 Å². The summed E-state index contributed by atoms with van der Waals surface area (Å²) in [7, 11) is 0. The molecule has 0 aliphatic heterocycles. The van der Waals surface area contributed by atoms with Gasteiger partial charge in [-0.05, 0) is 49.7 Å². The Kier molecular flexibility index (Phi) is 4.76. The zero-order chi connectivity index (χ0) is 18.0. The van der Waals surface area contributed by atoms with Gasteiger partial charge in [0, 0.05) is 5.69 Å². The third-order valence-electron chi connectivity index (χ3n) is 3.45. The van der Waals surface area contributed by atoms with E-state index in [9.17, 15) is 13.6 Å². The van der Waals surface area contributed by atoms with Crippen LogP contribution in [-0.2, 0) is 0 Å². The molecule has 3 aromatic rings. The maximum Gasteiger partial charge on any atom is 0.267 e. The maximum atomic E-state index is 13.8. The van der Waals surface area contributed by atoms with Crippen LogP contribution in [0.5, 0.6) is 0 Å². The second kappa shape index (κ2) is 6.98. The number of aryl methyl sites for hydroxylation is 2. The molecule has 0 unspecified atom stereocenters. The van der Waals surface area contributed by atoms with E-state index in [0.29, 0.717) is 21.4 Å². The Morgan fingerprint density at radius 2 is 1.92 bits per heavy atom. The van der Waals surface area contributed by atoms with Gasteiger partial charge in [-0.25, -0.2) is 13.8 Å². The molecular weight excluding hydrogens is 344 g/mol. The average Bonchev–Trinajstić information content (AvgIpc) is 2.91. The standard InChI is InChI=1S/C18H15F2N3OS/c1-10-6-7-14(20)15(8-10)23-17(24)16-11(2)21-18(25-16)22-13-5-3-4-12(19)9-13/h3-9H,1-2H3,(H,21,22)(H,23,24). The highest BCUT2D eigenvalue weighted by atomic mass is 32.1. The van der Waals surface area contributed by atoms with Gasteiger partial charge in [-0.2, -0.15) is 0 Å². The molecule has 0 saturated carbocycles. The van der Waals surface area contributed by atoms with Crippen LogP contribution in [0.4, 0.5) is 25.3 Å². The van der Waals surface area contributed by atoms with Gasteiger partial charge in [0.25, 0.3) is 5.91 Å². The summed E-state index contributed by atoms with van der Waals surface area (Å²) in [5, 5.41) is 5.98. The van der Waals surface area contributed by atoms with Crippen LogP contribution >= 0.6 is 11.3 Å². The molecule has 0 saturated heterocycles. The smallest absolute Gasteiger partial charge is 0.267 e. The second-order valence-electron chi connectivity index (χ2n) is 5.51. The third kappa shape index (κ3) is 4.00. The first-order valence-corrected chi connectivity index (χ1v) is 8.31. The van der Waals surface area contributed by atoms with E-state index in [1.54, 1.807) is 31.2 Å². The first kappa shape index (κ1) is 17.0. The van der Waals surface area contributed by atoms with Gasteiger partial charge >= 0.3 is 0 Å². The van der Waals surface area contributed by atoms with Crippen molar-refractivity contribution in [3.8, 4) is 0 Å². The van der Waals surface area contributed by atoms with E-state index < -0.39 is 11.7 Å². The van der Waals surface area contributed by atoms with Crippen LogP contribution in [0.3, 0.4) is 0 Å². The summed E-state index contributed by atoms with van der Waals surface area (Å²) in [5.74, 6) is -1.31. The van der Waals surface area contributed by atoms with Gasteiger partial charge < -0.3 is 10.6 Å². The predicted octanol–water partition coefficient (Wildman–Crippen LogP) is 5.03. The number of hydrogen-bond acceptors (Lipinski definition) is 4. The molecule has 1 amide bonds. The number of hydrogen-bond donors (Lipinski definition) is 2. The van der Waals surface area contributed by atoms with Crippen LogP contribution in [0.1, 0.15) is 20.9 Å². The molecule has 0 fully saturated rings. The molecule has 0 aliphatic rings. The van der Waals surface area contributed by atoms with Crippen LogP contribution in [0.15, 0.2) is 42.5 Å². The number of nitrogens with one attached hydrogen (secondary N) is 2. The van der Waals surface area contributed by atoms with Crippen molar-refractivity contribution >= 4 is 33.8 Å². The molecule has 3 rings (SSSR count). The highest BCUT2D eigenvalue weighted by molar-refractivity contribution is 7.17. The Morgan fingerprint density at radius 3 is 2.68 bits per heavy atom. The van der Waals surface area contributed by atoms with Crippen molar-refractivity contribution in [2.24, 2.45) is 0 Å². The lowest BCUT2D eigenvalue weighted by Crippen LogP contribution is -2.12. The van der Waals surface area contributed by atoms with Crippen LogP contribution in [0.2, 0.25) is 0 Å². The van der Waals surface area contributed by atoms with Gasteiger partial charge in [0.2, 0.25) is 0 Å². The number of benzene rings is 2. The predicted molar refractivity (Wildman–Crippen MR) is 95.6 cm³/mol. The van der Waals surface area contributed by atoms with Gasteiger partial charge in [0.05, 0.1) is 11.4 Å². The van der Waals surface area contributed by atoms with Crippen molar-refractivity contribution in [3.05, 3.63) is 70.2 Å². The molecule has 1 aromatic heterocycles. The third-order valence-corrected chi connectivity index (χ3v) is 4.52. The van der Waals surface area contributed by atoms with Gasteiger partial charge in [0.15, 0.2) is 5.13 Å². The largest absolute Gasteiger partial charge is 0.331 e. The van der Waals surface area contributed by atoms with E-state index >= 15 is 0 Å². The molecule has 25 heavy (non-hydrogen) atoms. The zero-order valence-corrected chi connectivity index (χ0v) is 14.4. The minimum atomic E-state index is -0.501. The Bertz CT molecular complexity index is 940. The summed E-state index contributed by atoms with van der Waals surface area (Å²) in [4.78, 5) is 17.1. The quantitative estimate of drug-likeness (QED) is 0.687. The van der Waals surface area contributed by atoms with Crippen molar-refractivity contribution in [2.45, 2.75) is 13.8 Å². The fourth-order valence-corrected chi connectivity index (χ4v) is 3.15. The summed E-state index contributed by atoms with van der Waals surface area (Å²) in [6, 6.07) is 10.4. The molecule has 1 heterocycles. The van der Waals surface area contributed by atoms with Gasteiger partial charge in [-0.15, -0.1) is 0 Å². The van der Waals surface area contributed by atoms with Crippen molar-refractivity contribution in [1.29, 1.82) is 0 Å². The van der Waals surface area contributed by atoms with Gasteiger partial charge in [-0.3, -0.25) is 4.79 Å². The van der Waals surface area contributed by atoms with Crippen molar-refractivity contribution in [3.63, 3.8) is 0 Å². The van der Waals surface area contributed by atoms with Crippen LogP contribution < -0.4 is 10.6 Å². The van der Waals surface area contributed by atoms with E-state index in [0.717, 1.165) is 16.9 Å². The van der Waals surface area contributed by atoms with Gasteiger partial charge in [0.1, 0.15) is 16.5 Å². The highest BCUT2D eigenvalue weighted by Gasteiger charge is 2.17. The van der Waals surface area contributed by atoms with Crippen LogP contribution in [0, 0.1) is 25.5 Å². The topological polar surface area (TPSA) is 54.0 Å². The lowest BCUT2D eigenvalue weighted by Gasteiger charge is -2.06. The molecule has 2 aromatic carbocycles. The highest BCUT2D eigenvalue weighted by Crippen LogP contribution is 2.27. The minimum absolute atomic E-state index is 0.123. The molecule has 0 aliphatic carbocycles. The average molecular weight is 359 g/mol. The minimum Gasteiger partial charge on any atom is -0.331 e. The van der Waals surface area contributed by atoms with E-state index in [1.165, 1.54) is 18.2 Å². The lowest BCUT2D eigenvalue weighted by molar-refractivity contribution is 0.102. The molecule has 0 atom stereocenters. The summed E-state index contributed by atoms with van der Waals surface area (Å²) >= 11 is 1.12. The van der Waals surface area contributed by atoms with E-state index in [2.05, 4.69) is 15.6 Å². The monoisotopic (exact) mass is 359 g/mol. The van der Waals surface area contributed by atoms with E-state index in [4.69, 9.17) is 0 Å². The number of aromatic nitrogens is 1. The Labute approximate surface area is 147 Å². The molecular formula is C18H15F2N3OS. The SMILES string of the molecule is Cc1ccc(F)c(NC(=O)c2sc(Nc3cccc(F)c3)nc2C)c1. The molecule has 0 bridgehead atoms. The molecule has 7 heteroatoms. The first-order chi connectivity index (χ1) is 11.9. The normalized spacial score (nSPS) is 10.6. The molecule has 0 spiro atoms. The molecule has 4 nitrogen and oxygen atoms in total. The number of carbonyl (C=O) groups excluding carboxylic acids is 1. The summed E-state index contributed by atoms with van der Waals surface area (Å²) in [6.07, 6.45) is 0. The number of thiazole rings is 1.